The Bertz CT molecular complexity index is 226. The third kappa shape index (κ3) is 2.51. The van der Waals surface area contributed by atoms with E-state index < -0.39 is 0 Å². The van der Waals surface area contributed by atoms with E-state index in [1.807, 2.05) is 4.90 Å². The van der Waals surface area contributed by atoms with Crippen LogP contribution in [0.5, 0.6) is 0 Å². The number of nitrogens with zero attached hydrogens (tertiary/aromatic N) is 2. The van der Waals surface area contributed by atoms with E-state index in [0.717, 1.165) is 19.5 Å². The maximum atomic E-state index is 12.2. The first-order valence-corrected chi connectivity index (χ1v) is 6.05. The van der Waals surface area contributed by atoms with Gasteiger partial charge >= 0.3 is 0 Å². The van der Waals surface area contributed by atoms with Gasteiger partial charge in [0.05, 0.1) is 6.04 Å². The molecule has 1 heterocycles. The van der Waals surface area contributed by atoms with Crippen LogP contribution in [0.1, 0.15) is 41.0 Å². The van der Waals surface area contributed by atoms with Crippen molar-refractivity contribution in [1.29, 1.82) is 0 Å². The molecule has 15 heavy (non-hydrogen) atoms. The lowest BCUT2D eigenvalue weighted by molar-refractivity contribution is -0.145. The minimum absolute atomic E-state index is 0.0983. The molecule has 3 heteroatoms. The molecule has 3 nitrogen and oxygen atoms in total. The largest absolute Gasteiger partial charge is 0.338 e. The van der Waals surface area contributed by atoms with E-state index in [1.54, 1.807) is 0 Å². The summed E-state index contributed by atoms with van der Waals surface area (Å²) < 4.78 is 0. The van der Waals surface area contributed by atoms with E-state index in [1.165, 1.54) is 0 Å². The Morgan fingerprint density at radius 3 is 2.20 bits per heavy atom. The zero-order valence-electron chi connectivity index (χ0n) is 10.7. The molecule has 0 saturated carbocycles. The molecule has 0 aliphatic carbocycles. The smallest absolute Gasteiger partial charge is 0.240 e. The summed E-state index contributed by atoms with van der Waals surface area (Å²) in [7, 11) is 0. The molecule has 88 valence electrons. The van der Waals surface area contributed by atoms with Gasteiger partial charge in [-0.25, -0.2) is 0 Å². The molecule has 1 saturated heterocycles. The summed E-state index contributed by atoms with van der Waals surface area (Å²) in [5.41, 5.74) is 0. The van der Waals surface area contributed by atoms with Crippen LogP contribution in [0.4, 0.5) is 0 Å². The molecule has 0 spiro atoms. The molecular formula is C12H24N2O. The topological polar surface area (TPSA) is 23.6 Å². The summed E-state index contributed by atoms with van der Waals surface area (Å²) in [6.07, 6.45) is 0.917. The van der Waals surface area contributed by atoms with Crippen molar-refractivity contribution in [3.8, 4) is 0 Å². The van der Waals surface area contributed by atoms with Crippen molar-refractivity contribution in [3.05, 3.63) is 0 Å². The fourth-order valence-corrected chi connectivity index (χ4v) is 2.36. The Balaban J connectivity index is 2.77. The summed E-state index contributed by atoms with van der Waals surface area (Å²) in [6, 6.07) is 0.898. The van der Waals surface area contributed by atoms with Crippen molar-refractivity contribution in [2.45, 2.75) is 59.2 Å². The average molecular weight is 212 g/mol. The number of carbonyl (C=O) groups excluding carboxylic acids is 1. The lowest BCUT2D eigenvalue weighted by atomic mass is 10.0. The third-order valence-corrected chi connectivity index (χ3v) is 3.24. The van der Waals surface area contributed by atoms with Crippen LogP contribution in [-0.2, 0) is 4.79 Å². The molecule has 1 unspecified atom stereocenters. The van der Waals surface area contributed by atoms with Gasteiger partial charge in [0.25, 0.3) is 0 Å². The Labute approximate surface area is 93.4 Å². The number of hydrogen-bond donors (Lipinski definition) is 0. The van der Waals surface area contributed by atoms with E-state index in [2.05, 4.69) is 39.5 Å². The lowest BCUT2D eigenvalue weighted by Crippen LogP contribution is -2.60. The zero-order valence-corrected chi connectivity index (χ0v) is 10.7. The lowest BCUT2D eigenvalue weighted by Gasteiger charge is -2.44. The zero-order chi connectivity index (χ0) is 11.6. The molecule has 0 aromatic heterocycles. The third-order valence-electron chi connectivity index (χ3n) is 3.24. The molecule has 1 rings (SSSR count). The highest BCUT2D eigenvalue weighted by Crippen LogP contribution is 2.18. The van der Waals surface area contributed by atoms with Crippen LogP contribution in [0.3, 0.4) is 0 Å². The summed E-state index contributed by atoms with van der Waals surface area (Å²) in [6.45, 7) is 12.5. The van der Waals surface area contributed by atoms with Crippen molar-refractivity contribution < 1.29 is 4.79 Å². The van der Waals surface area contributed by atoms with Gasteiger partial charge in [0.2, 0.25) is 5.91 Å². The summed E-state index contributed by atoms with van der Waals surface area (Å²) in [5.74, 6) is 0.312. The van der Waals surface area contributed by atoms with Crippen molar-refractivity contribution in [2.24, 2.45) is 0 Å². The number of rotatable bonds is 3. The second kappa shape index (κ2) is 4.97. The molecular weight excluding hydrogens is 188 g/mol. The number of hydrogen-bond acceptors (Lipinski definition) is 2. The van der Waals surface area contributed by atoms with Gasteiger partial charge in [0, 0.05) is 25.2 Å². The van der Waals surface area contributed by atoms with Crippen molar-refractivity contribution in [3.63, 3.8) is 0 Å². The van der Waals surface area contributed by atoms with Crippen LogP contribution < -0.4 is 0 Å². The highest BCUT2D eigenvalue weighted by atomic mass is 16.2. The molecule has 0 aromatic carbocycles. The molecule has 1 aliphatic rings. The van der Waals surface area contributed by atoms with E-state index in [4.69, 9.17) is 0 Å². The second-order valence-corrected chi connectivity index (χ2v) is 4.88. The Hall–Kier alpha value is -0.570. The molecule has 1 fully saturated rings. The quantitative estimate of drug-likeness (QED) is 0.711. The van der Waals surface area contributed by atoms with Gasteiger partial charge in [0.1, 0.15) is 0 Å². The molecule has 0 radical (unpaired) electrons. The maximum Gasteiger partial charge on any atom is 0.240 e. The Morgan fingerprint density at radius 1 is 1.20 bits per heavy atom. The first kappa shape index (κ1) is 12.5. The second-order valence-electron chi connectivity index (χ2n) is 4.88. The minimum atomic E-state index is 0.0983. The maximum absolute atomic E-state index is 12.2. The molecule has 0 aromatic rings. The van der Waals surface area contributed by atoms with Crippen molar-refractivity contribution in [1.82, 2.24) is 9.80 Å². The highest BCUT2D eigenvalue weighted by Gasteiger charge is 2.35. The highest BCUT2D eigenvalue weighted by molar-refractivity contribution is 5.82. The Kier molecular flexibility index (Phi) is 4.14. The van der Waals surface area contributed by atoms with Crippen molar-refractivity contribution >= 4 is 5.91 Å². The predicted octanol–water partition coefficient (Wildman–Crippen LogP) is 1.73. The molecule has 0 bridgehead atoms. The van der Waals surface area contributed by atoms with Crippen molar-refractivity contribution in [2.75, 3.05) is 13.1 Å². The van der Waals surface area contributed by atoms with E-state index in [9.17, 15) is 4.79 Å². The predicted molar refractivity (Wildman–Crippen MR) is 62.8 cm³/mol. The monoisotopic (exact) mass is 212 g/mol. The van der Waals surface area contributed by atoms with Gasteiger partial charge in [-0.05, 0) is 34.1 Å². The van der Waals surface area contributed by atoms with E-state index >= 15 is 0 Å². The van der Waals surface area contributed by atoms with Gasteiger partial charge in [-0.1, -0.05) is 6.92 Å². The van der Waals surface area contributed by atoms with Crippen LogP contribution in [-0.4, -0.2) is 46.9 Å². The summed E-state index contributed by atoms with van der Waals surface area (Å²) in [4.78, 5) is 16.5. The van der Waals surface area contributed by atoms with Gasteiger partial charge < -0.3 is 4.90 Å². The van der Waals surface area contributed by atoms with Gasteiger partial charge in [-0.3, -0.25) is 9.69 Å². The molecule has 1 atom stereocenters. The van der Waals surface area contributed by atoms with E-state index in [-0.39, 0.29) is 6.04 Å². The van der Waals surface area contributed by atoms with Crippen LogP contribution in [0.25, 0.3) is 0 Å². The number of carbonyl (C=O) groups is 1. The van der Waals surface area contributed by atoms with Crippen LogP contribution in [0.15, 0.2) is 0 Å². The van der Waals surface area contributed by atoms with Gasteiger partial charge in [-0.2, -0.15) is 0 Å². The normalized spacial score (nSPS) is 24.3. The van der Waals surface area contributed by atoms with Crippen LogP contribution in [0, 0.1) is 0 Å². The van der Waals surface area contributed by atoms with Crippen LogP contribution >= 0.6 is 0 Å². The fourth-order valence-electron chi connectivity index (χ4n) is 2.36. The molecule has 0 N–H and O–H groups in total. The van der Waals surface area contributed by atoms with Gasteiger partial charge in [0.15, 0.2) is 0 Å². The molecule has 1 amide bonds. The minimum Gasteiger partial charge on any atom is -0.338 e. The Morgan fingerprint density at radius 2 is 1.80 bits per heavy atom. The molecule has 1 aliphatic heterocycles. The number of amides is 1. The SMILES string of the molecule is CCC1C(=O)N(C(C)C)CCN1C(C)C. The van der Waals surface area contributed by atoms with Crippen LogP contribution in [0.2, 0.25) is 0 Å². The number of piperazine rings is 1. The first-order valence-electron chi connectivity index (χ1n) is 6.05. The summed E-state index contributed by atoms with van der Waals surface area (Å²) >= 11 is 0. The van der Waals surface area contributed by atoms with Gasteiger partial charge in [-0.15, -0.1) is 0 Å². The summed E-state index contributed by atoms with van der Waals surface area (Å²) in [5, 5.41) is 0. The fraction of sp³-hybridized carbons (Fsp3) is 0.917. The average Bonchev–Trinajstić information content (AvgIpc) is 2.16. The first-order chi connectivity index (χ1) is 6.99. The standard InChI is InChI=1S/C12H24N2O/c1-6-11-12(15)14(10(4)5)8-7-13(11)9(2)3/h9-11H,6-8H2,1-5H3. The van der Waals surface area contributed by atoms with E-state index in [0.29, 0.717) is 18.0 Å².